The minimum absolute atomic E-state index is 0.0598. The van der Waals surface area contributed by atoms with Gasteiger partial charge in [-0.2, -0.15) is 0 Å². The standard InChI is InChI=1S/C20H33NO5/c1-6-24-16-10-17(19(26-8-3)18(11-16)25-7-2)14(5)13(4)9-15(12-21)20(22)23/h10-11,13-15H,6-9,12,21H2,1-5H3,(H,22,23). The fourth-order valence-electron chi connectivity index (χ4n) is 3.00. The Bertz CT molecular complexity index is 576. The molecule has 0 fully saturated rings. The van der Waals surface area contributed by atoms with Crippen molar-refractivity contribution in [2.24, 2.45) is 17.6 Å². The molecule has 3 unspecified atom stereocenters. The number of nitrogens with two attached hydrogens (primary N) is 1. The van der Waals surface area contributed by atoms with Crippen molar-refractivity contribution in [1.82, 2.24) is 0 Å². The summed E-state index contributed by atoms with van der Waals surface area (Å²) in [6, 6.07) is 3.81. The average Bonchev–Trinajstić information content (AvgIpc) is 2.61. The van der Waals surface area contributed by atoms with Crippen molar-refractivity contribution in [3.63, 3.8) is 0 Å². The van der Waals surface area contributed by atoms with Crippen LogP contribution in [0, 0.1) is 11.8 Å². The minimum Gasteiger partial charge on any atom is -0.494 e. The maximum absolute atomic E-state index is 11.3. The number of carbonyl (C=O) groups is 1. The summed E-state index contributed by atoms with van der Waals surface area (Å²) in [5, 5.41) is 9.30. The van der Waals surface area contributed by atoms with E-state index in [1.165, 1.54) is 0 Å². The molecule has 0 saturated heterocycles. The second-order valence-corrected chi connectivity index (χ2v) is 6.41. The lowest BCUT2D eigenvalue weighted by atomic mass is 9.82. The highest BCUT2D eigenvalue weighted by Gasteiger charge is 2.27. The first kappa shape index (κ1) is 22.1. The summed E-state index contributed by atoms with van der Waals surface area (Å²) in [5.41, 5.74) is 6.59. The van der Waals surface area contributed by atoms with Crippen LogP contribution in [-0.4, -0.2) is 37.4 Å². The van der Waals surface area contributed by atoms with Gasteiger partial charge in [0, 0.05) is 18.2 Å². The lowest BCUT2D eigenvalue weighted by molar-refractivity contribution is -0.142. The third-order valence-electron chi connectivity index (χ3n) is 4.59. The molecule has 148 valence electrons. The first-order valence-corrected chi connectivity index (χ1v) is 9.38. The van der Waals surface area contributed by atoms with Gasteiger partial charge in [-0.3, -0.25) is 4.79 Å². The summed E-state index contributed by atoms with van der Waals surface area (Å²) in [5.74, 6) is 0.843. The average molecular weight is 367 g/mol. The Hall–Kier alpha value is -1.95. The Morgan fingerprint density at radius 3 is 2.19 bits per heavy atom. The monoisotopic (exact) mass is 367 g/mol. The van der Waals surface area contributed by atoms with E-state index in [1.54, 1.807) is 0 Å². The highest BCUT2D eigenvalue weighted by atomic mass is 16.5. The topological polar surface area (TPSA) is 91.0 Å². The number of carboxylic acid groups (broad SMARTS) is 1. The lowest BCUT2D eigenvalue weighted by Gasteiger charge is -2.26. The predicted molar refractivity (Wildman–Crippen MR) is 102 cm³/mol. The Balaban J connectivity index is 3.25. The van der Waals surface area contributed by atoms with Gasteiger partial charge in [0.1, 0.15) is 5.75 Å². The maximum atomic E-state index is 11.3. The van der Waals surface area contributed by atoms with Crippen molar-refractivity contribution in [2.45, 2.75) is 47.0 Å². The van der Waals surface area contributed by atoms with Crippen molar-refractivity contribution < 1.29 is 24.1 Å². The number of hydrogen-bond donors (Lipinski definition) is 2. The molecule has 1 aromatic carbocycles. The Morgan fingerprint density at radius 2 is 1.69 bits per heavy atom. The van der Waals surface area contributed by atoms with Crippen LogP contribution in [0.1, 0.15) is 52.5 Å². The molecule has 0 radical (unpaired) electrons. The van der Waals surface area contributed by atoms with Gasteiger partial charge in [-0.25, -0.2) is 0 Å². The molecule has 0 spiro atoms. The zero-order chi connectivity index (χ0) is 19.7. The number of hydrogen-bond acceptors (Lipinski definition) is 5. The number of rotatable bonds is 12. The number of carboxylic acids is 1. The molecule has 26 heavy (non-hydrogen) atoms. The van der Waals surface area contributed by atoms with E-state index in [2.05, 4.69) is 6.92 Å². The van der Waals surface area contributed by atoms with Crippen LogP contribution in [0.25, 0.3) is 0 Å². The first-order chi connectivity index (χ1) is 12.4. The van der Waals surface area contributed by atoms with E-state index in [0.717, 1.165) is 11.3 Å². The highest BCUT2D eigenvalue weighted by molar-refractivity contribution is 5.70. The highest BCUT2D eigenvalue weighted by Crippen LogP contribution is 2.43. The summed E-state index contributed by atoms with van der Waals surface area (Å²) >= 11 is 0. The molecule has 0 aliphatic carbocycles. The quantitative estimate of drug-likeness (QED) is 0.586. The third-order valence-corrected chi connectivity index (χ3v) is 4.59. The van der Waals surface area contributed by atoms with Gasteiger partial charge >= 0.3 is 5.97 Å². The van der Waals surface area contributed by atoms with Crippen LogP contribution < -0.4 is 19.9 Å². The largest absolute Gasteiger partial charge is 0.494 e. The lowest BCUT2D eigenvalue weighted by Crippen LogP contribution is -2.26. The molecular formula is C20H33NO5. The first-order valence-electron chi connectivity index (χ1n) is 9.38. The van der Waals surface area contributed by atoms with Crippen molar-refractivity contribution in [1.29, 1.82) is 0 Å². The summed E-state index contributed by atoms with van der Waals surface area (Å²) in [7, 11) is 0. The van der Waals surface area contributed by atoms with Crippen molar-refractivity contribution in [3.8, 4) is 17.2 Å². The van der Waals surface area contributed by atoms with Crippen LogP contribution in [0.3, 0.4) is 0 Å². The molecule has 1 rings (SSSR count). The molecule has 0 aliphatic heterocycles. The second-order valence-electron chi connectivity index (χ2n) is 6.41. The van der Waals surface area contributed by atoms with Crippen LogP contribution in [-0.2, 0) is 4.79 Å². The van der Waals surface area contributed by atoms with Gasteiger partial charge in [0.25, 0.3) is 0 Å². The van der Waals surface area contributed by atoms with Crippen molar-refractivity contribution >= 4 is 5.97 Å². The second kappa shape index (κ2) is 10.9. The molecular weight excluding hydrogens is 334 g/mol. The van der Waals surface area contributed by atoms with E-state index in [1.807, 2.05) is 39.8 Å². The van der Waals surface area contributed by atoms with Crippen LogP contribution in [0.4, 0.5) is 0 Å². The molecule has 1 aromatic rings. The molecule has 0 heterocycles. The van der Waals surface area contributed by atoms with Gasteiger partial charge in [-0.1, -0.05) is 13.8 Å². The summed E-state index contributed by atoms with van der Waals surface area (Å²) < 4.78 is 17.3. The van der Waals surface area contributed by atoms with Crippen molar-refractivity contribution in [2.75, 3.05) is 26.4 Å². The SMILES string of the molecule is CCOc1cc(OCC)c(OCC)c(C(C)C(C)CC(CN)C(=O)O)c1. The van der Waals surface area contributed by atoms with Crippen LogP contribution in [0.2, 0.25) is 0 Å². The Morgan fingerprint density at radius 1 is 1.08 bits per heavy atom. The summed E-state index contributed by atoms with van der Waals surface area (Å²) in [4.78, 5) is 11.3. The fourth-order valence-corrected chi connectivity index (χ4v) is 3.00. The molecule has 6 heteroatoms. The van der Waals surface area contributed by atoms with Gasteiger partial charge in [0.05, 0.1) is 25.7 Å². The number of benzene rings is 1. The molecule has 3 atom stereocenters. The zero-order valence-electron chi connectivity index (χ0n) is 16.6. The van der Waals surface area contributed by atoms with E-state index < -0.39 is 11.9 Å². The summed E-state index contributed by atoms with van der Waals surface area (Å²) in [6.07, 6.45) is 0.501. The van der Waals surface area contributed by atoms with Gasteiger partial charge in [0.15, 0.2) is 11.5 Å². The van der Waals surface area contributed by atoms with Crippen LogP contribution >= 0.6 is 0 Å². The predicted octanol–water partition coefficient (Wildman–Crippen LogP) is 3.67. The molecule has 0 amide bonds. The molecule has 3 N–H and O–H groups in total. The van der Waals surface area contributed by atoms with E-state index in [0.29, 0.717) is 37.7 Å². The van der Waals surface area contributed by atoms with Crippen LogP contribution in [0.15, 0.2) is 12.1 Å². The summed E-state index contributed by atoms with van der Waals surface area (Å²) in [6.45, 7) is 11.6. The van der Waals surface area contributed by atoms with E-state index >= 15 is 0 Å². The Kier molecular flexibility index (Phi) is 9.27. The van der Waals surface area contributed by atoms with E-state index in [-0.39, 0.29) is 18.4 Å². The molecule has 0 aromatic heterocycles. The van der Waals surface area contributed by atoms with Gasteiger partial charge in [-0.15, -0.1) is 0 Å². The molecule has 0 aliphatic rings. The van der Waals surface area contributed by atoms with E-state index in [4.69, 9.17) is 19.9 Å². The number of aliphatic carboxylic acids is 1. The number of ether oxygens (including phenoxy) is 3. The fraction of sp³-hybridized carbons (Fsp3) is 0.650. The third kappa shape index (κ3) is 5.80. The van der Waals surface area contributed by atoms with Gasteiger partial charge < -0.3 is 25.1 Å². The molecule has 0 saturated carbocycles. The maximum Gasteiger partial charge on any atom is 0.307 e. The Labute approximate surface area is 156 Å². The smallest absolute Gasteiger partial charge is 0.307 e. The van der Waals surface area contributed by atoms with Gasteiger partial charge in [-0.05, 0) is 45.1 Å². The molecule has 0 bridgehead atoms. The van der Waals surface area contributed by atoms with E-state index in [9.17, 15) is 9.90 Å². The normalized spacial score (nSPS) is 14.4. The minimum atomic E-state index is -0.852. The molecule has 6 nitrogen and oxygen atoms in total. The van der Waals surface area contributed by atoms with Crippen LogP contribution in [0.5, 0.6) is 17.2 Å². The van der Waals surface area contributed by atoms with Crippen molar-refractivity contribution in [3.05, 3.63) is 17.7 Å². The van der Waals surface area contributed by atoms with Gasteiger partial charge in [0.2, 0.25) is 0 Å². The zero-order valence-corrected chi connectivity index (χ0v) is 16.6.